The number of carbonyl (C=O) groups is 2. The number of thioether (sulfide) groups is 1. The molecular weight excluding hydrogens is 382 g/mol. The number of hydrogen-bond donors (Lipinski definition) is 1. The number of nitrogens with one attached hydrogen (secondary N) is 1. The molecule has 0 saturated carbocycles. The summed E-state index contributed by atoms with van der Waals surface area (Å²) >= 11 is 1.13. The zero-order chi connectivity index (χ0) is 20.8. The third kappa shape index (κ3) is 5.32. The van der Waals surface area contributed by atoms with Gasteiger partial charge in [0.05, 0.1) is 37.6 Å². The Bertz CT molecular complexity index is 919. The van der Waals surface area contributed by atoms with Crippen LogP contribution in [0.5, 0.6) is 0 Å². The van der Waals surface area contributed by atoms with E-state index in [2.05, 4.69) is 19.3 Å². The predicted molar refractivity (Wildman–Crippen MR) is 106 cm³/mol. The first-order valence-electron chi connectivity index (χ1n) is 8.77. The maximum absolute atomic E-state index is 12.7. The molecule has 0 unspecified atom stereocenters. The van der Waals surface area contributed by atoms with E-state index in [0.29, 0.717) is 23.0 Å². The van der Waals surface area contributed by atoms with Gasteiger partial charge in [-0.1, -0.05) is 11.8 Å². The van der Waals surface area contributed by atoms with Crippen molar-refractivity contribution >= 4 is 23.5 Å². The highest BCUT2D eigenvalue weighted by Crippen LogP contribution is 2.23. The Morgan fingerprint density at radius 3 is 2.64 bits per heavy atom. The minimum Gasteiger partial charge on any atom is -0.469 e. The Labute approximate surface area is 167 Å². The minimum atomic E-state index is -0.484. The minimum absolute atomic E-state index is 0.0602. The number of H-pyrrole nitrogens is 1. The molecule has 0 radical (unpaired) electrons. The zero-order valence-electron chi connectivity index (χ0n) is 16.7. The van der Waals surface area contributed by atoms with Crippen LogP contribution in [0.25, 0.3) is 0 Å². The van der Waals surface area contributed by atoms with Gasteiger partial charge >= 0.3 is 5.97 Å². The van der Waals surface area contributed by atoms with Crippen molar-refractivity contribution in [1.82, 2.24) is 14.5 Å². The van der Waals surface area contributed by atoms with Crippen LogP contribution in [0.4, 0.5) is 0 Å². The topological polar surface area (TPSA) is 103 Å². The molecular formula is C19H25N3O5S. The third-order valence-corrected chi connectivity index (χ3v) is 5.17. The van der Waals surface area contributed by atoms with Gasteiger partial charge in [0, 0.05) is 30.1 Å². The SMILES string of the molecule is COC[C@@H](C)n1c(C)cc(C(=O)CSc2nc(CC(=O)OC)cc(=O)[nH]2)c1C. The summed E-state index contributed by atoms with van der Waals surface area (Å²) in [7, 11) is 2.92. The zero-order valence-corrected chi connectivity index (χ0v) is 17.5. The van der Waals surface area contributed by atoms with Crippen LogP contribution in [0.1, 0.15) is 40.4 Å². The number of aryl methyl sites for hydroxylation is 1. The fourth-order valence-electron chi connectivity index (χ4n) is 3.13. The Morgan fingerprint density at radius 1 is 1.29 bits per heavy atom. The van der Waals surface area contributed by atoms with Crippen LogP contribution in [-0.2, 0) is 20.7 Å². The lowest BCUT2D eigenvalue weighted by Crippen LogP contribution is -2.15. The molecule has 1 N–H and O–H groups in total. The molecule has 0 fully saturated rings. The first-order chi connectivity index (χ1) is 13.3. The van der Waals surface area contributed by atoms with Crippen LogP contribution in [-0.4, -0.2) is 52.9 Å². The highest BCUT2D eigenvalue weighted by molar-refractivity contribution is 7.99. The highest BCUT2D eigenvalue weighted by atomic mass is 32.2. The number of ketones is 1. The van der Waals surface area contributed by atoms with Crippen LogP contribution in [0.15, 0.2) is 22.1 Å². The van der Waals surface area contributed by atoms with Crippen molar-refractivity contribution in [2.45, 2.75) is 38.4 Å². The van der Waals surface area contributed by atoms with Crippen molar-refractivity contribution < 1.29 is 19.1 Å². The van der Waals surface area contributed by atoms with Gasteiger partial charge in [0.15, 0.2) is 10.9 Å². The predicted octanol–water partition coefficient (Wildman–Crippen LogP) is 2.09. The van der Waals surface area contributed by atoms with E-state index in [4.69, 9.17) is 4.74 Å². The summed E-state index contributed by atoms with van der Waals surface area (Å²) in [6.45, 7) is 6.46. The number of hydrogen-bond acceptors (Lipinski definition) is 7. The molecule has 0 aromatic carbocycles. The summed E-state index contributed by atoms with van der Waals surface area (Å²) in [4.78, 5) is 42.7. The number of methoxy groups -OCH3 is 2. The first-order valence-corrected chi connectivity index (χ1v) is 9.75. The molecule has 9 heteroatoms. The molecule has 0 aliphatic heterocycles. The van der Waals surface area contributed by atoms with Gasteiger partial charge in [0.2, 0.25) is 0 Å². The van der Waals surface area contributed by atoms with E-state index in [1.54, 1.807) is 7.11 Å². The van der Waals surface area contributed by atoms with Crippen molar-refractivity contribution in [2.75, 3.05) is 26.6 Å². The monoisotopic (exact) mass is 407 g/mol. The molecule has 152 valence electrons. The number of aromatic nitrogens is 3. The molecule has 0 saturated heterocycles. The molecule has 2 heterocycles. The molecule has 0 spiro atoms. The fraction of sp³-hybridized carbons (Fsp3) is 0.474. The van der Waals surface area contributed by atoms with E-state index in [9.17, 15) is 14.4 Å². The number of Topliss-reactive ketones (excluding diaryl/α,β-unsaturated/α-hetero) is 1. The van der Waals surface area contributed by atoms with Crippen molar-refractivity contribution in [2.24, 2.45) is 0 Å². The number of aromatic amines is 1. The Balaban J connectivity index is 2.14. The molecule has 1 atom stereocenters. The molecule has 0 amide bonds. The van der Waals surface area contributed by atoms with Crippen LogP contribution in [0.3, 0.4) is 0 Å². The maximum Gasteiger partial charge on any atom is 0.311 e. The van der Waals surface area contributed by atoms with Crippen molar-refractivity contribution in [3.05, 3.63) is 45.1 Å². The van der Waals surface area contributed by atoms with Crippen LogP contribution in [0.2, 0.25) is 0 Å². The van der Waals surface area contributed by atoms with Crippen molar-refractivity contribution in [1.29, 1.82) is 0 Å². The van der Waals surface area contributed by atoms with E-state index < -0.39 is 5.97 Å². The Hall–Kier alpha value is -2.39. The van der Waals surface area contributed by atoms with Gasteiger partial charge in [-0.05, 0) is 26.8 Å². The van der Waals surface area contributed by atoms with E-state index in [-0.39, 0.29) is 29.6 Å². The summed E-state index contributed by atoms with van der Waals surface area (Å²) in [6, 6.07) is 3.23. The highest BCUT2D eigenvalue weighted by Gasteiger charge is 2.19. The number of nitrogens with zero attached hydrogens (tertiary/aromatic N) is 2. The molecule has 0 bridgehead atoms. The molecule has 8 nitrogen and oxygen atoms in total. The average Bonchev–Trinajstić information content (AvgIpc) is 2.93. The molecule has 0 aliphatic rings. The van der Waals surface area contributed by atoms with Gasteiger partial charge in [-0.25, -0.2) is 4.98 Å². The van der Waals surface area contributed by atoms with Gasteiger partial charge in [-0.15, -0.1) is 0 Å². The van der Waals surface area contributed by atoms with E-state index in [1.165, 1.54) is 13.2 Å². The average molecular weight is 407 g/mol. The quantitative estimate of drug-likeness (QED) is 0.294. The van der Waals surface area contributed by atoms with Gasteiger partial charge in [0.1, 0.15) is 0 Å². The molecule has 28 heavy (non-hydrogen) atoms. The second-order valence-electron chi connectivity index (χ2n) is 6.47. The fourth-order valence-corrected chi connectivity index (χ4v) is 3.91. The molecule has 2 aromatic rings. The van der Waals surface area contributed by atoms with Gasteiger partial charge in [0.25, 0.3) is 5.56 Å². The molecule has 0 aliphatic carbocycles. The van der Waals surface area contributed by atoms with E-state index >= 15 is 0 Å². The summed E-state index contributed by atoms with van der Waals surface area (Å²) in [5.41, 5.74) is 2.43. The van der Waals surface area contributed by atoms with Crippen LogP contribution in [0, 0.1) is 13.8 Å². The molecule has 2 aromatic heterocycles. The molecule has 2 rings (SSSR count). The lowest BCUT2D eigenvalue weighted by Gasteiger charge is -2.17. The largest absolute Gasteiger partial charge is 0.469 e. The van der Waals surface area contributed by atoms with Gasteiger partial charge in [-0.3, -0.25) is 14.4 Å². The van der Waals surface area contributed by atoms with E-state index in [1.807, 2.05) is 26.8 Å². The number of ether oxygens (including phenoxy) is 2. The van der Waals surface area contributed by atoms with Crippen LogP contribution >= 0.6 is 11.8 Å². The van der Waals surface area contributed by atoms with Crippen molar-refractivity contribution in [3.63, 3.8) is 0 Å². The maximum atomic E-state index is 12.7. The van der Waals surface area contributed by atoms with Gasteiger partial charge < -0.3 is 19.0 Å². The van der Waals surface area contributed by atoms with Gasteiger partial charge in [-0.2, -0.15) is 0 Å². The van der Waals surface area contributed by atoms with Crippen molar-refractivity contribution in [3.8, 4) is 0 Å². The third-order valence-electron chi connectivity index (χ3n) is 4.30. The Kier molecular flexibility index (Phi) is 7.59. The summed E-state index contributed by atoms with van der Waals surface area (Å²) in [6.07, 6.45) is -0.0968. The smallest absolute Gasteiger partial charge is 0.311 e. The van der Waals surface area contributed by atoms with Crippen LogP contribution < -0.4 is 5.56 Å². The normalized spacial score (nSPS) is 12.0. The lowest BCUT2D eigenvalue weighted by atomic mass is 10.2. The standard InChI is InChI=1S/C19H25N3O5S/c1-11-6-15(13(3)22(11)12(2)9-26-4)16(23)10-28-19-20-14(7-17(24)21-19)8-18(25)27-5/h6-7,12H,8-10H2,1-5H3,(H,20,21,24)/t12-/m1/s1. The summed E-state index contributed by atoms with van der Waals surface area (Å²) < 4.78 is 11.9. The first kappa shape index (κ1) is 21.9. The Morgan fingerprint density at radius 2 is 2.00 bits per heavy atom. The van der Waals surface area contributed by atoms with E-state index in [0.717, 1.165) is 23.1 Å². The summed E-state index contributed by atoms with van der Waals surface area (Å²) in [5, 5.41) is 0.293. The number of esters is 1. The number of rotatable bonds is 9. The second-order valence-corrected chi connectivity index (χ2v) is 7.43. The lowest BCUT2D eigenvalue weighted by molar-refractivity contribution is -0.139. The summed E-state index contributed by atoms with van der Waals surface area (Å²) in [5.74, 6) is -0.425. The second kappa shape index (κ2) is 9.70. The number of carbonyl (C=O) groups excluding carboxylic acids is 2.